The molecule has 1 aromatic rings. The van der Waals surface area contributed by atoms with Gasteiger partial charge in [-0.15, -0.1) is 0 Å². The third-order valence-electron chi connectivity index (χ3n) is 2.99. The number of nitrogens with zero attached hydrogens (tertiary/aromatic N) is 2. The van der Waals surface area contributed by atoms with Gasteiger partial charge in [-0.3, -0.25) is 0 Å². The minimum Gasteiger partial charge on any atom is -0.346 e. The SMILES string of the molecule is CC(N)Cc1ncc(C2CCN(C)C2)[nH]1. The molecule has 3 N–H and O–H groups in total. The minimum absolute atomic E-state index is 0.176. The van der Waals surface area contributed by atoms with E-state index in [4.69, 9.17) is 5.73 Å². The van der Waals surface area contributed by atoms with Crippen molar-refractivity contribution in [3.05, 3.63) is 17.7 Å². The van der Waals surface area contributed by atoms with Gasteiger partial charge in [0.05, 0.1) is 0 Å². The van der Waals surface area contributed by atoms with Crippen molar-refractivity contribution in [1.29, 1.82) is 0 Å². The van der Waals surface area contributed by atoms with Gasteiger partial charge in [0, 0.05) is 36.8 Å². The van der Waals surface area contributed by atoms with Crippen molar-refractivity contribution in [3.63, 3.8) is 0 Å². The molecule has 1 aliphatic rings. The Morgan fingerprint density at radius 3 is 3.13 bits per heavy atom. The first kappa shape index (κ1) is 10.6. The number of aromatic amines is 1. The van der Waals surface area contributed by atoms with Gasteiger partial charge < -0.3 is 15.6 Å². The molecule has 0 bridgehead atoms. The van der Waals surface area contributed by atoms with Gasteiger partial charge in [0.1, 0.15) is 5.82 Å². The summed E-state index contributed by atoms with van der Waals surface area (Å²) in [6, 6.07) is 0.176. The van der Waals surface area contributed by atoms with Gasteiger partial charge in [0.25, 0.3) is 0 Å². The molecular formula is C11H20N4. The topological polar surface area (TPSA) is 57.9 Å². The van der Waals surface area contributed by atoms with Gasteiger partial charge in [-0.2, -0.15) is 0 Å². The van der Waals surface area contributed by atoms with E-state index >= 15 is 0 Å². The maximum absolute atomic E-state index is 5.74. The lowest BCUT2D eigenvalue weighted by Crippen LogP contribution is -2.18. The largest absolute Gasteiger partial charge is 0.346 e. The number of nitrogens with two attached hydrogens (primary N) is 1. The molecule has 0 spiro atoms. The molecule has 2 unspecified atom stereocenters. The van der Waals surface area contributed by atoms with Gasteiger partial charge in [-0.25, -0.2) is 4.98 Å². The van der Waals surface area contributed by atoms with Gasteiger partial charge in [-0.1, -0.05) is 0 Å². The highest BCUT2D eigenvalue weighted by molar-refractivity contribution is 5.10. The van der Waals surface area contributed by atoms with Crippen LogP contribution < -0.4 is 5.73 Å². The average Bonchev–Trinajstić information content (AvgIpc) is 2.72. The second-order valence-corrected chi connectivity index (χ2v) is 4.71. The summed E-state index contributed by atoms with van der Waals surface area (Å²) in [7, 11) is 2.17. The van der Waals surface area contributed by atoms with Crippen LogP contribution in [0.2, 0.25) is 0 Å². The number of imidazole rings is 1. The Morgan fingerprint density at radius 2 is 2.53 bits per heavy atom. The molecule has 1 saturated heterocycles. The maximum Gasteiger partial charge on any atom is 0.107 e. The lowest BCUT2D eigenvalue weighted by atomic mass is 10.1. The molecule has 0 aliphatic carbocycles. The molecular weight excluding hydrogens is 188 g/mol. The van der Waals surface area contributed by atoms with Crippen LogP contribution in [0.5, 0.6) is 0 Å². The number of H-pyrrole nitrogens is 1. The molecule has 84 valence electrons. The number of aromatic nitrogens is 2. The Hall–Kier alpha value is -0.870. The number of hydrogen-bond donors (Lipinski definition) is 2. The van der Waals surface area contributed by atoms with Crippen molar-refractivity contribution in [3.8, 4) is 0 Å². The summed E-state index contributed by atoms with van der Waals surface area (Å²) in [5.41, 5.74) is 7.01. The normalized spacial score (nSPS) is 24.6. The summed E-state index contributed by atoms with van der Waals surface area (Å²) in [5, 5.41) is 0. The molecule has 2 atom stereocenters. The molecule has 2 heterocycles. The van der Waals surface area contributed by atoms with E-state index in [-0.39, 0.29) is 6.04 Å². The molecule has 4 nitrogen and oxygen atoms in total. The van der Waals surface area contributed by atoms with Crippen LogP contribution in [0.3, 0.4) is 0 Å². The fourth-order valence-corrected chi connectivity index (χ4v) is 2.18. The summed E-state index contributed by atoms with van der Waals surface area (Å²) in [4.78, 5) is 10.1. The Labute approximate surface area is 90.9 Å². The van der Waals surface area contributed by atoms with Crippen LogP contribution in [0.1, 0.15) is 30.8 Å². The first-order valence-electron chi connectivity index (χ1n) is 5.63. The minimum atomic E-state index is 0.176. The zero-order valence-electron chi connectivity index (χ0n) is 9.53. The van der Waals surface area contributed by atoms with Crippen molar-refractivity contribution >= 4 is 0 Å². The number of likely N-dealkylation sites (tertiary alicyclic amines) is 1. The summed E-state index contributed by atoms with van der Waals surface area (Å²) < 4.78 is 0. The van der Waals surface area contributed by atoms with Crippen LogP contribution in [0, 0.1) is 0 Å². The third kappa shape index (κ3) is 2.58. The molecule has 0 aromatic carbocycles. The number of nitrogens with one attached hydrogen (secondary N) is 1. The smallest absolute Gasteiger partial charge is 0.107 e. The van der Waals surface area contributed by atoms with Crippen LogP contribution in [0.4, 0.5) is 0 Å². The zero-order valence-corrected chi connectivity index (χ0v) is 9.53. The van der Waals surface area contributed by atoms with Crippen LogP contribution in [0.25, 0.3) is 0 Å². The summed E-state index contributed by atoms with van der Waals surface area (Å²) in [6.45, 7) is 4.33. The lowest BCUT2D eigenvalue weighted by Gasteiger charge is -2.07. The molecule has 1 aliphatic heterocycles. The summed E-state index contributed by atoms with van der Waals surface area (Å²) in [6.07, 6.45) is 4.04. The van der Waals surface area contributed by atoms with E-state index in [0.29, 0.717) is 5.92 Å². The number of likely N-dealkylation sites (N-methyl/N-ethyl adjacent to an activating group) is 1. The van der Waals surface area contributed by atoms with E-state index < -0.39 is 0 Å². The first-order chi connectivity index (χ1) is 7.15. The van der Waals surface area contributed by atoms with Crippen LogP contribution in [-0.2, 0) is 6.42 Å². The van der Waals surface area contributed by atoms with E-state index in [9.17, 15) is 0 Å². The number of rotatable bonds is 3. The van der Waals surface area contributed by atoms with E-state index in [1.165, 1.54) is 18.7 Å². The average molecular weight is 208 g/mol. The molecule has 2 rings (SSSR count). The Morgan fingerprint density at radius 1 is 1.73 bits per heavy atom. The van der Waals surface area contributed by atoms with Crippen LogP contribution >= 0.6 is 0 Å². The second-order valence-electron chi connectivity index (χ2n) is 4.71. The van der Waals surface area contributed by atoms with Crippen molar-refractivity contribution in [1.82, 2.24) is 14.9 Å². The monoisotopic (exact) mass is 208 g/mol. The summed E-state index contributed by atoms with van der Waals surface area (Å²) in [5.74, 6) is 1.65. The van der Waals surface area contributed by atoms with Crippen molar-refractivity contribution in [2.24, 2.45) is 5.73 Å². The van der Waals surface area contributed by atoms with E-state index in [0.717, 1.165) is 18.8 Å². The zero-order chi connectivity index (χ0) is 10.8. The third-order valence-corrected chi connectivity index (χ3v) is 2.99. The van der Waals surface area contributed by atoms with Crippen molar-refractivity contribution in [2.75, 3.05) is 20.1 Å². The number of hydrogen-bond acceptors (Lipinski definition) is 3. The van der Waals surface area contributed by atoms with Gasteiger partial charge in [-0.05, 0) is 26.9 Å². The fraction of sp³-hybridized carbons (Fsp3) is 0.727. The Balaban J connectivity index is 2.00. The van der Waals surface area contributed by atoms with E-state index in [2.05, 4.69) is 21.9 Å². The highest BCUT2D eigenvalue weighted by Gasteiger charge is 2.22. The predicted octanol–water partition coefficient (Wildman–Crippen LogP) is 0.718. The van der Waals surface area contributed by atoms with E-state index in [1.54, 1.807) is 0 Å². The van der Waals surface area contributed by atoms with Crippen molar-refractivity contribution in [2.45, 2.75) is 31.7 Å². The Kier molecular flexibility index (Phi) is 3.07. The molecule has 0 radical (unpaired) electrons. The van der Waals surface area contributed by atoms with Gasteiger partial charge in [0.15, 0.2) is 0 Å². The molecule has 0 amide bonds. The fourth-order valence-electron chi connectivity index (χ4n) is 2.18. The molecule has 0 saturated carbocycles. The molecule has 4 heteroatoms. The highest BCUT2D eigenvalue weighted by Crippen LogP contribution is 2.24. The standard InChI is InChI=1S/C11H20N4/c1-8(12)5-11-13-6-10(14-11)9-3-4-15(2)7-9/h6,8-9H,3-5,7,12H2,1-2H3,(H,13,14). The molecule has 1 aromatic heterocycles. The van der Waals surface area contributed by atoms with Gasteiger partial charge >= 0.3 is 0 Å². The van der Waals surface area contributed by atoms with E-state index in [1.807, 2.05) is 13.1 Å². The highest BCUT2D eigenvalue weighted by atomic mass is 15.1. The first-order valence-corrected chi connectivity index (χ1v) is 5.63. The molecule has 1 fully saturated rings. The quantitative estimate of drug-likeness (QED) is 0.769. The van der Waals surface area contributed by atoms with Gasteiger partial charge in [0.2, 0.25) is 0 Å². The second kappa shape index (κ2) is 4.33. The molecule has 15 heavy (non-hydrogen) atoms. The Bertz CT molecular complexity index is 318. The summed E-state index contributed by atoms with van der Waals surface area (Å²) >= 11 is 0. The maximum atomic E-state index is 5.74. The van der Waals surface area contributed by atoms with Crippen LogP contribution in [-0.4, -0.2) is 41.0 Å². The van der Waals surface area contributed by atoms with Crippen LogP contribution in [0.15, 0.2) is 6.20 Å². The lowest BCUT2D eigenvalue weighted by molar-refractivity contribution is 0.411. The van der Waals surface area contributed by atoms with Crippen molar-refractivity contribution < 1.29 is 0 Å². The predicted molar refractivity (Wildman–Crippen MR) is 60.8 cm³/mol.